The highest BCUT2D eigenvalue weighted by Crippen LogP contribution is 2.25. The second-order valence-corrected chi connectivity index (χ2v) is 9.23. The maximum atomic E-state index is 12.6. The first-order valence-corrected chi connectivity index (χ1v) is 10.8. The van der Waals surface area contributed by atoms with Gasteiger partial charge in [-0.15, -0.1) is 0 Å². The summed E-state index contributed by atoms with van der Waals surface area (Å²) in [5.41, 5.74) is -0.0301. The second kappa shape index (κ2) is 7.04. The predicted octanol–water partition coefficient (Wildman–Crippen LogP) is -0.752. The summed E-state index contributed by atoms with van der Waals surface area (Å²) in [6.45, 7) is 1.00. The zero-order chi connectivity index (χ0) is 19.0. The van der Waals surface area contributed by atoms with Crippen molar-refractivity contribution in [2.24, 2.45) is 0 Å². The Kier molecular flexibility index (Phi) is 4.72. The van der Waals surface area contributed by atoms with E-state index in [1.807, 2.05) is 0 Å². The number of hydrogen-bond acceptors (Lipinski definition) is 7. The first-order valence-electron chi connectivity index (χ1n) is 8.94. The van der Waals surface area contributed by atoms with Crippen LogP contribution >= 0.6 is 0 Å². The van der Waals surface area contributed by atoms with Gasteiger partial charge < -0.3 is 10.1 Å². The third-order valence-electron chi connectivity index (χ3n) is 5.00. The maximum absolute atomic E-state index is 12.6. The lowest BCUT2D eigenvalue weighted by Crippen LogP contribution is -2.36. The van der Waals surface area contributed by atoms with Gasteiger partial charge in [0, 0.05) is 13.2 Å². The smallest absolute Gasteiger partial charge is 0.264 e. The van der Waals surface area contributed by atoms with Crippen LogP contribution in [0.5, 0.6) is 0 Å². The van der Waals surface area contributed by atoms with E-state index in [-0.39, 0.29) is 47.0 Å². The monoisotopic (exact) mass is 395 g/mol. The number of amides is 1. The molecule has 10 nitrogen and oxygen atoms in total. The average molecular weight is 395 g/mol. The van der Waals surface area contributed by atoms with E-state index in [0.717, 1.165) is 12.8 Å². The minimum atomic E-state index is -3.07. The molecule has 146 valence electrons. The molecule has 2 fully saturated rings. The Morgan fingerprint density at radius 2 is 2.22 bits per heavy atom. The van der Waals surface area contributed by atoms with Crippen LogP contribution in [-0.4, -0.2) is 64.4 Å². The van der Waals surface area contributed by atoms with E-state index >= 15 is 0 Å². The van der Waals surface area contributed by atoms with E-state index in [1.165, 1.54) is 21.8 Å². The summed E-state index contributed by atoms with van der Waals surface area (Å²) in [6.07, 6.45) is 5.09. The summed E-state index contributed by atoms with van der Waals surface area (Å²) in [5, 5.41) is 7.21. The molecule has 0 aromatic carbocycles. The van der Waals surface area contributed by atoms with Gasteiger partial charge in [-0.05, 0) is 19.3 Å². The highest BCUT2D eigenvalue weighted by molar-refractivity contribution is 7.91. The van der Waals surface area contributed by atoms with Crippen molar-refractivity contribution in [1.82, 2.24) is 24.6 Å². The highest BCUT2D eigenvalue weighted by atomic mass is 32.2. The van der Waals surface area contributed by atoms with Crippen molar-refractivity contribution >= 4 is 26.8 Å². The quantitative estimate of drug-likeness (QED) is 0.706. The summed E-state index contributed by atoms with van der Waals surface area (Å²) in [6, 6.07) is -0.315. The molecule has 2 aromatic heterocycles. The fourth-order valence-corrected chi connectivity index (χ4v) is 5.25. The predicted molar refractivity (Wildman–Crippen MR) is 96.1 cm³/mol. The Morgan fingerprint density at radius 1 is 1.37 bits per heavy atom. The van der Waals surface area contributed by atoms with Gasteiger partial charge in [-0.3, -0.25) is 14.2 Å². The molecule has 2 aromatic rings. The van der Waals surface area contributed by atoms with Crippen LogP contribution in [0.4, 0.5) is 0 Å². The Balaban J connectivity index is 1.49. The zero-order valence-corrected chi connectivity index (χ0v) is 15.5. The lowest BCUT2D eigenvalue weighted by atomic mass is 10.2. The van der Waals surface area contributed by atoms with Crippen molar-refractivity contribution in [3.63, 3.8) is 0 Å². The van der Waals surface area contributed by atoms with Crippen molar-refractivity contribution in [3.8, 4) is 0 Å². The second-order valence-electron chi connectivity index (χ2n) is 7.00. The third kappa shape index (κ3) is 3.74. The number of fused-ring (bicyclic) bond motifs is 1. The molecule has 0 radical (unpaired) electrons. The number of hydrogen-bond donors (Lipinski definition) is 1. The van der Waals surface area contributed by atoms with Crippen LogP contribution in [0.25, 0.3) is 11.0 Å². The molecule has 2 saturated heterocycles. The third-order valence-corrected chi connectivity index (χ3v) is 6.75. The number of aromatic nitrogens is 4. The molecule has 1 N–H and O–H groups in total. The van der Waals surface area contributed by atoms with E-state index in [2.05, 4.69) is 15.4 Å². The number of carbonyl (C=O) groups is 1. The summed E-state index contributed by atoms with van der Waals surface area (Å²) < 4.78 is 31.6. The van der Waals surface area contributed by atoms with Crippen LogP contribution in [-0.2, 0) is 25.9 Å². The van der Waals surface area contributed by atoms with Crippen molar-refractivity contribution in [2.45, 2.75) is 38.0 Å². The SMILES string of the molecule is O=C(Cn1cnc2c(cnn2[C@H]2CCS(=O)(=O)C2)c1=O)NC[C@@H]1CCCO1. The van der Waals surface area contributed by atoms with Gasteiger partial charge >= 0.3 is 0 Å². The minimum Gasteiger partial charge on any atom is -0.376 e. The van der Waals surface area contributed by atoms with Crippen LogP contribution in [0.1, 0.15) is 25.3 Å². The average Bonchev–Trinajstić information content (AvgIpc) is 3.35. The van der Waals surface area contributed by atoms with Crippen LogP contribution < -0.4 is 10.9 Å². The number of sulfone groups is 1. The Labute approximate surface area is 155 Å². The van der Waals surface area contributed by atoms with Crippen molar-refractivity contribution in [1.29, 1.82) is 0 Å². The molecule has 1 amide bonds. The zero-order valence-electron chi connectivity index (χ0n) is 14.7. The lowest BCUT2D eigenvalue weighted by Gasteiger charge is -2.12. The van der Waals surface area contributed by atoms with Crippen molar-refractivity contribution in [3.05, 3.63) is 22.9 Å². The normalized spacial score (nSPS) is 24.4. The summed E-state index contributed by atoms with van der Waals surface area (Å²) >= 11 is 0. The fourth-order valence-electron chi connectivity index (χ4n) is 3.56. The Hall–Kier alpha value is -2.27. The molecule has 0 saturated carbocycles. The Bertz CT molecular complexity index is 1020. The molecule has 2 atom stereocenters. The van der Waals surface area contributed by atoms with Crippen LogP contribution in [0, 0.1) is 0 Å². The number of ether oxygens (including phenoxy) is 1. The topological polar surface area (TPSA) is 125 Å². The fraction of sp³-hybridized carbons (Fsp3) is 0.625. The van der Waals surface area contributed by atoms with E-state index in [9.17, 15) is 18.0 Å². The first-order chi connectivity index (χ1) is 12.9. The van der Waals surface area contributed by atoms with Gasteiger partial charge in [-0.25, -0.2) is 18.1 Å². The van der Waals surface area contributed by atoms with Gasteiger partial charge in [0.05, 0.1) is 29.8 Å². The molecular formula is C16H21N5O5S. The van der Waals surface area contributed by atoms with E-state index in [1.54, 1.807) is 0 Å². The number of nitrogens with one attached hydrogen (secondary N) is 1. The van der Waals surface area contributed by atoms with Crippen molar-refractivity contribution in [2.75, 3.05) is 24.7 Å². The molecular weight excluding hydrogens is 374 g/mol. The molecule has 11 heteroatoms. The van der Waals surface area contributed by atoms with E-state index in [0.29, 0.717) is 25.2 Å². The van der Waals surface area contributed by atoms with Gasteiger partial charge in [0.25, 0.3) is 5.56 Å². The van der Waals surface area contributed by atoms with Crippen LogP contribution in [0.2, 0.25) is 0 Å². The van der Waals surface area contributed by atoms with E-state index < -0.39 is 9.84 Å². The van der Waals surface area contributed by atoms with Gasteiger partial charge in [-0.1, -0.05) is 0 Å². The molecule has 2 aliphatic rings. The minimum absolute atomic E-state index is 0.000187. The number of carbonyl (C=O) groups excluding carboxylic acids is 1. The molecule has 4 heterocycles. The highest BCUT2D eigenvalue weighted by Gasteiger charge is 2.31. The first kappa shape index (κ1) is 18.1. The molecule has 0 unspecified atom stereocenters. The van der Waals surface area contributed by atoms with Crippen molar-refractivity contribution < 1.29 is 17.9 Å². The van der Waals surface area contributed by atoms with E-state index in [4.69, 9.17) is 4.74 Å². The summed E-state index contributed by atoms with van der Waals surface area (Å²) in [4.78, 5) is 29.0. The molecule has 27 heavy (non-hydrogen) atoms. The molecule has 2 aliphatic heterocycles. The van der Waals surface area contributed by atoms with Gasteiger partial charge in [0.15, 0.2) is 15.5 Å². The standard InChI is InChI=1S/C16H21N5O5S/c22-14(17-6-12-2-1-4-26-12)8-20-10-18-15-13(16(20)23)7-19-21(15)11-3-5-27(24,25)9-11/h7,10-12H,1-6,8-9H2,(H,17,22)/t11-,12-/m0/s1. The van der Waals surface area contributed by atoms with Crippen LogP contribution in [0.15, 0.2) is 17.3 Å². The molecule has 4 rings (SSSR count). The lowest BCUT2D eigenvalue weighted by molar-refractivity contribution is -0.122. The Morgan fingerprint density at radius 3 is 2.93 bits per heavy atom. The summed E-state index contributed by atoms with van der Waals surface area (Å²) in [7, 11) is -3.07. The number of rotatable bonds is 5. The number of nitrogens with zero attached hydrogens (tertiary/aromatic N) is 4. The maximum Gasteiger partial charge on any atom is 0.264 e. The van der Waals surface area contributed by atoms with Gasteiger partial charge in [0.2, 0.25) is 5.91 Å². The molecule has 0 aliphatic carbocycles. The van der Waals surface area contributed by atoms with Crippen LogP contribution in [0.3, 0.4) is 0 Å². The molecule has 0 bridgehead atoms. The molecule has 0 spiro atoms. The van der Waals surface area contributed by atoms with Gasteiger partial charge in [-0.2, -0.15) is 5.10 Å². The summed E-state index contributed by atoms with van der Waals surface area (Å²) in [5.74, 6) is -0.177. The van der Waals surface area contributed by atoms with Gasteiger partial charge in [0.1, 0.15) is 18.3 Å². The largest absolute Gasteiger partial charge is 0.376 e.